The van der Waals surface area contributed by atoms with Crippen LogP contribution in [0.5, 0.6) is 23.0 Å². The highest BCUT2D eigenvalue weighted by molar-refractivity contribution is 5.72. The predicted octanol–water partition coefficient (Wildman–Crippen LogP) is 2.83. The summed E-state index contributed by atoms with van der Waals surface area (Å²) in [6, 6.07) is 8.65. The monoisotopic (exact) mass is 260 g/mol. The van der Waals surface area contributed by atoms with Gasteiger partial charge >= 0.3 is 0 Å². The summed E-state index contributed by atoms with van der Waals surface area (Å²) < 4.78 is 0. The lowest BCUT2D eigenvalue weighted by atomic mass is 10.1. The first-order valence-electron chi connectivity index (χ1n) is 5.44. The molecular weight excluding hydrogens is 248 g/mol. The summed E-state index contributed by atoms with van der Waals surface area (Å²) in [7, 11) is 0. The van der Waals surface area contributed by atoms with Crippen LogP contribution in [0.15, 0.2) is 36.4 Å². The molecule has 0 radical (unpaired) electrons. The Labute approximate surface area is 109 Å². The van der Waals surface area contributed by atoms with E-state index in [-0.39, 0.29) is 23.0 Å². The number of benzene rings is 2. The Bertz CT molecular complexity index is 599. The van der Waals surface area contributed by atoms with Crippen LogP contribution in [0.4, 0.5) is 0 Å². The maximum absolute atomic E-state index is 9.33. The average Bonchev–Trinajstić information content (AvgIpc) is 2.36. The van der Waals surface area contributed by atoms with E-state index in [0.717, 1.165) is 0 Å². The van der Waals surface area contributed by atoms with Gasteiger partial charge in [0.2, 0.25) is 5.75 Å². The standard InChI is InChI=1S/C14H12O5/c15-11-5-10(6-12(16)8-11)2-1-9-3-4-13(17)14(7-9)19-18/h1-8,15-18H. The number of phenols is 3. The minimum Gasteiger partial charge on any atom is -0.508 e. The van der Waals surface area contributed by atoms with Gasteiger partial charge in [0.25, 0.3) is 0 Å². The first-order chi connectivity index (χ1) is 9.08. The van der Waals surface area contributed by atoms with Crippen LogP contribution in [0.25, 0.3) is 12.2 Å². The molecule has 2 rings (SSSR count). The van der Waals surface area contributed by atoms with Crippen molar-refractivity contribution in [2.75, 3.05) is 0 Å². The smallest absolute Gasteiger partial charge is 0.207 e. The molecule has 0 aliphatic carbocycles. The van der Waals surface area contributed by atoms with E-state index in [1.165, 1.54) is 30.3 Å². The van der Waals surface area contributed by atoms with Crippen molar-refractivity contribution in [2.24, 2.45) is 0 Å². The zero-order valence-corrected chi connectivity index (χ0v) is 9.82. The third-order valence-electron chi connectivity index (χ3n) is 2.48. The van der Waals surface area contributed by atoms with Crippen molar-refractivity contribution in [3.8, 4) is 23.0 Å². The Morgan fingerprint density at radius 1 is 0.789 bits per heavy atom. The summed E-state index contributed by atoms with van der Waals surface area (Å²) in [5.74, 6) is -0.301. The molecule has 5 heteroatoms. The van der Waals surface area contributed by atoms with E-state index >= 15 is 0 Å². The summed E-state index contributed by atoms with van der Waals surface area (Å²) in [6.45, 7) is 0. The molecule has 0 bridgehead atoms. The van der Waals surface area contributed by atoms with Gasteiger partial charge in [-0.05, 0) is 35.4 Å². The van der Waals surface area contributed by atoms with E-state index in [2.05, 4.69) is 4.89 Å². The molecule has 0 aliphatic heterocycles. The maximum Gasteiger partial charge on any atom is 0.207 e. The second-order valence-corrected chi connectivity index (χ2v) is 3.93. The van der Waals surface area contributed by atoms with E-state index in [1.807, 2.05) is 0 Å². The second-order valence-electron chi connectivity index (χ2n) is 3.93. The molecular formula is C14H12O5. The van der Waals surface area contributed by atoms with Gasteiger partial charge in [-0.25, -0.2) is 5.26 Å². The number of rotatable bonds is 3. The molecule has 5 nitrogen and oxygen atoms in total. The van der Waals surface area contributed by atoms with Crippen LogP contribution in [-0.2, 0) is 0 Å². The van der Waals surface area contributed by atoms with Crippen molar-refractivity contribution in [3.05, 3.63) is 47.5 Å². The number of hydrogen-bond acceptors (Lipinski definition) is 5. The lowest BCUT2D eigenvalue weighted by Gasteiger charge is -2.02. The van der Waals surface area contributed by atoms with Crippen molar-refractivity contribution < 1.29 is 25.5 Å². The van der Waals surface area contributed by atoms with E-state index in [1.54, 1.807) is 18.2 Å². The molecule has 0 saturated heterocycles. The van der Waals surface area contributed by atoms with Crippen molar-refractivity contribution in [1.29, 1.82) is 0 Å². The van der Waals surface area contributed by atoms with Gasteiger partial charge in [-0.1, -0.05) is 18.2 Å². The number of aromatic hydroxyl groups is 3. The molecule has 0 unspecified atom stereocenters. The number of hydrogen-bond donors (Lipinski definition) is 4. The maximum atomic E-state index is 9.33. The predicted molar refractivity (Wildman–Crippen MR) is 70.1 cm³/mol. The highest BCUT2D eigenvalue weighted by Gasteiger charge is 2.02. The molecule has 0 aliphatic rings. The Morgan fingerprint density at radius 2 is 1.42 bits per heavy atom. The summed E-state index contributed by atoms with van der Waals surface area (Å²) in [5.41, 5.74) is 1.28. The largest absolute Gasteiger partial charge is 0.508 e. The van der Waals surface area contributed by atoms with Gasteiger partial charge in [0.1, 0.15) is 11.5 Å². The lowest BCUT2D eigenvalue weighted by Crippen LogP contribution is -1.85. The first-order valence-corrected chi connectivity index (χ1v) is 5.44. The van der Waals surface area contributed by atoms with Gasteiger partial charge in [-0.15, -0.1) is 0 Å². The quantitative estimate of drug-likeness (QED) is 0.387. The SMILES string of the molecule is OOc1cc(C=Cc2cc(O)cc(O)c2)ccc1O. The van der Waals surface area contributed by atoms with E-state index in [9.17, 15) is 15.3 Å². The van der Waals surface area contributed by atoms with Crippen molar-refractivity contribution in [3.63, 3.8) is 0 Å². The van der Waals surface area contributed by atoms with Gasteiger partial charge in [-0.2, -0.15) is 0 Å². The third kappa shape index (κ3) is 3.17. The van der Waals surface area contributed by atoms with Gasteiger partial charge in [0.15, 0.2) is 5.75 Å². The first kappa shape index (κ1) is 12.8. The molecule has 0 spiro atoms. The van der Waals surface area contributed by atoms with Crippen molar-refractivity contribution in [2.45, 2.75) is 0 Å². The normalized spacial score (nSPS) is 10.8. The molecule has 0 atom stereocenters. The van der Waals surface area contributed by atoms with Crippen LogP contribution in [0.1, 0.15) is 11.1 Å². The van der Waals surface area contributed by atoms with Gasteiger partial charge in [-0.3, -0.25) is 0 Å². The molecule has 4 N–H and O–H groups in total. The Hall–Kier alpha value is -2.66. The van der Waals surface area contributed by atoms with Crippen LogP contribution < -0.4 is 4.89 Å². The average molecular weight is 260 g/mol. The topological polar surface area (TPSA) is 90.2 Å². The fraction of sp³-hybridized carbons (Fsp3) is 0. The van der Waals surface area contributed by atoms with Crippen LogP contribution in [0.2, 0.25) is 0 Å². The van der Waals surface area contributed by atoms with Gasteiger partial charge in [0, 0.05) is 6.07 Å². The zero-order chi connectivity index (χ0) is 13.8. The molecule has 0 amide bonds. The number of phenolic OH excluding ortho intramolecular Hbond substituents is 3. The summed E-state index contributed by atoms with van der Waals surface area (Å²) in [6.07, 6.45) is 3.34. The lowest BCUT2D eigenvalue weighted by molar-refractivity contribution is -0.139. The third-order valence-corrected chi connectivity index (χ3v) is 2.48. The Balaban J connectivity index is 2.27. The molecule has 19 heavy (non-hydrogen) atoms. The van der Waals surface area contributed by atoms with Crippen LogP contribution >= 0.6 is 0 Å². The molecule has 0 fully saturated rings. The van der Waals surface area contributed by atoms with Crippen LogP contribution in [-0.4, -0.2) is 20.6 Å². The zero-order valence-electron chi connectivity index (χ0n) is 9.82. The van der Waals surface area contributed by atoms with Crippen molar-refractivity contribution in [1.82, 2.24) is 0 Å². The van der Waals surface area contributed by atoms with Crippen molar-refractivity contribution >= 4 is 12.2 Å². The summed E-state index contributed by atoms with van der Waals surface area (Å²) in [5, 5.41) is 36.5. The Morgan fingerprint density at radius 3 is 2.05 bits per heavy atom. The van der Waals surface area contributed by atoms with Crippen LogP contribution in [0, 0.1) is 0 Å². The summed E-state index contributed by atoms with van der Waals surface area (Å²) in [4.78, 5) is 4.01. The van der Waals surface area contributed by atoms with Gasteiger partial charge < -0.3 is 20.2 Å². The fourth-order valence-electron chi connectivity index (χ4n) is 1.61. The Kier molecular flexibility index (Phi) is 3.58. The highest BCUT2D eigenvalue weighted by Crippen LogP contribution is 2.27. The van der Waals surface area contributed by atoms with Gasteiger partial charge in [0.05, 0.1) is 0 Å². The fourth-order valence-corrected chi connectivity index (χ4v) is 1.61. The second kappa shape index (κ2) is 5.32. The summed E-state index contributed by atoms with van der Waals surface area (Å²) >= 11 is 0. The molecule has 0 aromatic heterocycles. The van der Waals surface area contributed by atoms with E-state index in [4.69, 9.17) is 5.26 Å². The highest BCUT2D eigenvalue weighted by atomic mass is 17.1. The molecule has 2 aromatic rings. The minimum absolute atomic E-state index is 0.0373. The molecule has 2 aromatic carbocycles. The van der Waals surface area contributed by atoms with Crippen LogP contribution in [0.3, 0.4) is 0 Å². The molecule has 0 saturated carbocycles. The van der Waals surface area contributed by atoms with E-state index < -0.39 is 0 Å². The molecule has 0 heterocycles. The van der Waals surface area contributed by atoms with E-state index in [0.29, 0.717) is 11.1 Å². The minimum atomic E-state index is -0.172. The molecule has 98 valence electrons.